The van der Waals surface area contributed by atoms with E-state index in [1.165, 1.54) is 6.07 Å². The molecule has 0 unspecified atom stereocenters. The fourth-order valence-electron chi connectivity index (χ4n) is 3.21. The van der Waals surface area contributed by atoms with Crippen molar-refractivity contribution in [1.82, 2.24) is 5.32 Å². The molecule has 1 aliphatic rings. The number of benzene rings is 2. The molecule has 0 radical (unpaired) electrons. The van der Waals surface area contributed by atoms with Gasteiger partial charge in [-0.1, -0.05) is 19.9 Å². The van der Waals surface area contributed by atoms with Gasteiger partial charge in [0.2, 0.25) is 0 Å². The normalized spacial score (nSPS) is 14.2. The topological polar surface area (TPSA) is 62.8 Å². The molecule has 1 fully saturated rings. The lowest BCUT2D eigenvalue weighted by Crippen LogP contribution is -2.38. The lowest BCUT2D eigenvalue weighted by atomic mass is 10.1. The van der Waals surface area contributed by atoms with Gasteiger partial charge in [-0.05, 0) is 54.5 Å². The Balaban J connectivity index is 1.74. The van der Waals surface area contributed by atoms with Gasteiger partial charge in [-0.3, -0.25) is 10.1 Å². The fourth-order valence-corrected chi connectivity index (χ4v) is 3.41. The number of nitrogens with zero attached hydrogens (tertiary/aromatic N) is 1. The van der Waals surface area contributed by atoms with Crippen LogP contribution in [0.5, 0.6) is 5.75 Å². The number of hydrogen-bond acceptors (Lipinski definition) is 5. The van der Waals surface area contributed by atoms with E-state index < -0.39 is 17.6 Å². The van der Waals surface area contributed by atoms with Crippen molar-refractivity contribution < 1.29 is 27.4 Å². The molecule has 178 valence electrons. The zero-order valence-electron chi connectivity index (χ0n) is 18.4. The average molecular weight is 482 g/mol. The second kappa shape index (κ2) is 10.8. The van der Waals surface area contributed by atoms with E-state index in [0.29, 0.717) is 55.8 Å². The molecular formula is C23H26F3N3O3S. The maximum Gasteiger partial charge on any atom is 0.416 e. The van der Waals surface area contributed by atoms with Gasteiger partial charge in [0.05, 0.1) is 36.8 Å². The number of amides is 1. The standard InChI is InChI=1S/C23H26F3N3O3S/c1-15(2)14-32-18-5-3-4-16(12-18)21(30)28-22(33)27-19-13-17(23(24,25)26)6-7-20(19)29-8-10-31-11-9-29/h3-7,12-13,15H,8-11,14H2,1-2H3,(H2,27,28,30,33). The Kier molecular flexibility index (Phi) is 8.15. The van der Waals surface area contributed by atoms with Gasteiger partial charge in [0, 0.05) is 18.7 Å². The Morgan fingerprint density at radius 3 is 2.58 bits per heavy atom. The van der Waals surface area contributed by atoms with Gasteiger partial charge in [-0.25, -0.2) is 0 Å². The monoisotopic (exact) mass is 481 g/mol. The first kappa shape index (κ1) is 24.8. The predicted molar refractivity (Wildman–Crippen MR) is 125 cm³/mol. The van der Waals surface area contributed by atoms with Gasteiger partial charge < -0.3 is 19.7 Å². The first-order chi connectivity index (χ1) is 15.6. The van der Waals surface area contributed by atoms with Gasteiger partial charge in [-0.15, -0.1) is 0 Å². The van der Waals surface area contributed by atoms with Crippen molar-refractivity contribution in [3.63, 3.8) is 0 Å². The molecule has 0 aromatic heterocycles. The minimum absolute atomic E-state index is 0.109. The van der Waals surface area contributed by atoms with Crippen LogP contribution in [0.2, 0.25) is 0 Å². The summed E-state index contributed by atoms with van der Waals surface area (Å²) in [6, 6.07) is 10.0. The van der Waals surface area contributed by atoms with Crippen LogP contribution in [-0.2, 0) is 10.9 Å². The highest BCUT2D eigenvalue weighted by atomic mass is 32.1. The molecule has 2 aromatic carbocycles. The lowest BCUT2D eigenvalue weighted by molar-refractivity contribution is -0.137. The van der Waals surface area contributed by atoms with Gasteiger partial charge in [0.25, 0.3) is 5.91 Å². The Hall–Kier alpha value is -2.85. The van der Waals surface area contributed by atoms with Crippen LogP contribution in [0.15, 0.2) is 42.5 Å². The number of hydrogen-bond donors (Lipinski definition) is 2. The van der Waals surface area contributed by atoms with Gasteiger partial charge in [-0.2, -0.15) is 13.2 Å². The predicted octanol–water partition coefficient (Wildman–Crippen LogP) is 4.70. The molecule has 0 saturated carbocycles. The van der Waals surface area contributed by atoms with E-state index in [2.05, 4.69) is 10.6 Å². The summed E-state index contributed by atoms with van der Waals surface area (Å²) >= 11 is 5.23. The summed E-state index contributed by atoms with van der Waals surface area (Å²) in [6.45, 7) is 6.53. The number of ether oxygens (including phenoxy) is 2. The largest absolute Gasteiger partial charge is 0.493 e. The molecule has 0 bridgehead atoms. The molecule has 1 amide bonds. The number of morpholine rings is 1. The van der Waals surface area contributed by atoms with Crippen molar-refractivity contribution in [3.05, 3.63) is 53.6 Å². The third-order valence-electron chi connectivity index (χ3n) is 4.83. The summed E-state index contributed by atoms with van der Waals surface area (Å²) in [7, 11) is 0. The van der Waals surface area contributed by atoms with Crippen molar-refractivity contribution >= 4 is 34.6 Å². The number of rotatable bonds is 6. The summed E-state index contributed by atoms with van der Waals surface area (Å²) in [4.78, 5) is 14.6. The number of anilines is 2. The first-order valence-corrected chi connectivity index (χ1v) is 10.9. The third-order valence-corrected chi connectivity index (χ3v) is 5.03. The molecule has 2 N–H and O–H groups in total. The minimum atomic E-state index is -4.51. The molecule has 1 saturated heterocycles. The van der Waals surface area contributed by atoms with E-state index >= 15 is 0 Å². The van der Waals surface area contributed by atoms with Gasteiger partial charge in [0.15, 0.2) is 5.11 Å². The Morgan fingerprint density at radius 2 is 1.91 bits per heavy atom. The Labute approximate surface area is 196 Å². The average Bonchev–Trinajstić information content (AvgIpc) is 2.77. The van der Waals surface area contributed by atoms with Crippen molar-refractivity contribution in [2.75, 3.05) is 43.1 Å². The number of alkyl halides is 3. The van der Waals surface area contributed by atoms with E-state index in [1.54, 1.807) is 24.3 Å². The van der Waals surface area contributed by atoms with Crippen LogP contribution < -0.4 is 20.3 Å². The van der Waals surface area contributed by atoms with E-state index in [0.717, 1.165) is 12.1 Å². The number of carbonyl (C=O) groups is 1. The Bertz CT molecular complexity index is 992. The van der Waals surface area contributed by atoms with Crippen LogP contribution >= 0.6 is 12.2 Å². The minimum Gasteiger partial charge on any atom is -0.493 e. The van der Waals surface area contributed by atoms with Crippen LogP contribution in [0.4, 0.5) is 24.5 Å². The number of carbonyl (C=O) groups excluding carboxylic acids is 1. The highest BCUT2D eigenvalue weighted by molar-refractivity contribution is 7.80. The SMILES string of the molecule is CC(C)COc1cccc(C(=O)NC(=S)Nc2cc(C(F)(F)F)ccc2N2CCOCC2)c1. The molecule has 33 heavy (non-hydrogen) atoms. The Morgan fingerprint density at radius 1 is 1.18 bits per heavy atom. The molecule has 10 heteroatoms. The maximum atomic E-state index is 13.3. The van der Waals surface area contributed by atoms with Crippen LogP contribution in [0, 0.1) is 5.92 Å². The second-order valence-corrected chi connectivity index (χ2v) is 8.38. The van der Waals surface area contributed by atoms with E-state index in [1.807, 2.05) is 18.7 Å². The highest BCUT2D eigenvalue weighted by Gasteiger charge is 2.31. The second-order valence-electron chi connectivity index (χ2n) is 7.97. The molecule has 0 atom stereocenters. The third kappa shape index (κ3) is 7.06. The van der Waals surface area contributed by atoms with Crippen molar-refractivity contribution in [2.45, 2.75) is 20.0 Å². The number of nitrogens with one attached hydrogen (secondary N) is 2. The van der Waals surface area contributed by atoms with Crippen LogP contribution in [-0.4, -0.2) is 43.9 Å². The van der Waals surface area contributed by atoms with Crippen LogP contribution in [0.25, 0.3) is 0 Å². The van der Waals surface area contributed by atoms with Crippen molar-refractivity contribution in [2.24, 2.45) is 5.92 Å². The maximum absolute atomic E-state index is 13.3. The lowest BCUT2D eigenvalue weighted by Gasteiger charge is -2.31. The fraction of sp³-hybridized carbons (Fsp3) is 0.391. The van der Waals surface area contributed by atoms with Crippen LogP contribution in [0.3, 0.4) is 0 Å². The van der Waals surface area contributed by atoms with E-state index in [4.69, 9.17) is 21.7 Å². The summed E-state index contributed by atoms with van der Waals surface area (Å²) in [5.41, 5.74) is 0.210. The molecule has 6 nitrogen and oxygen atoms in total. The summed E-state index contributed by atoms with van der Waals surface area (Å²) in [6.07, 6.45) is -4.51. The summed E-state index contributed by atoms with van der Waals surface area (Å²) < 4.78 is 50.8. The van der Waals surface area contributed by atoms with Crippen molar-refractivity contribution in [3.8, 4) is 5.75 Å². The smallest absolute Gasteiger partial charge is 0.416 e. The molecule has 3 rings (SSSR count). The molecule has 1 aliphatic heterocycles. The highest BCUT2D eigenvalue weighted by Crippen LogP contribution is 2.35. The van der Waals surface area contributed by atoms with Gasteiger partial charge >= 0.3 is 6.18 Å². The molecule has 1 heterocycles. The zero-order valence-corrected chi connectivity index (χ0v) is 19.2. The number of halogens is 3. The molecular weight excluding hydrogens is 455 g/mol. The van der Waals surface area contributed by atoms with Crippen LogP contribution in [0.1, 0.15) is 29.8 Å². The first-order valence-electron chi connectivity index (χ1n) is 10.5. The molecule has 2 aromatic rings. The summed E-state index contributed by atoms with van der Waals surface area (Å²) in [5, 5.41) is 5.18. The van der Waals surface area contributed by atoms with Gasteiger partial charge in [0.1, 0.15) is 5.75 Å². The molecule has 0 spiro atoms. The van der Waals surface area contributed by atoms with E-state index in [-0.39, 0.29) is 10.8 Å². The summed E-state index contributed by atoms with van der Waals surface area (Å²) in [5.74, 6) is 0.373. The number of thiocarbonyl (C=S) groups is 1. The van der Waals surface area contributed by atoms with E-state index in [9.17, 15) is 18.0 Å². The zero-order chi connectivity index (χ0) is 24.0. The quantitative estimate of drug-likeness (QED) is 0.583. The molecule has 0 aliphatic carbocycles. The van der Waals surface area contributed by atoms with Crippen molar-refractivity contribution in [1.29, 1.82) is 0 Å².